The highest BCUT2D eigenvalue weighted by atomic mass is 35.5. The van der Waals surface area contributed by atoms with Gasteiger partial charge in [-0.3, -0.25) is 19.8 Å². The fourth-order valence-corrected chi connectivity index (χ4v) is 3.99. The molecule has 1 aromatic carbocycles. The molecule has 0 spiro atoms. The number of carbonyl (C=O) groups is 3. The summed E-state index contributed by atoms with van der Waals surface area (Å²) in [6.07, 6.45) is 6.68. The van der Waals surface area contributed by atoms with Crippen LogP contribution in [-0.4, -0.2) is 42.0 Å². The number of barbiturate groups is 1. The van der Waals surface area contributed by atoms with Gasteiger partial charge in [-0.25, -0.2) is 4.79 Å². The number of benzene rings is 1. The predicted molar refractivity (Wildman–Crippen MR) is 114 cm³/mol. The third-order valence-electron chi connectivity index (χ3n) is 5.53. The Hall–Kier alpha value is -2.54. The lowest BCUT2D eigenvalue weighted by molar-refractivity contribution is -0.132. The molecule has 1 aliphatic heterocycles. The number of methoxy groups -OCH3 is 1. The van der Waals surface area contributed by atoms with E-state index in [4.69, 9.17) is 21.1 Å². The van der Waals surface area contributed by atoms with Crippen LogP contribution < -0.4 is 14.8 Å². The summed E-state index contributed by atoms with van der Waals surface area (Å²) in [7, 11) is 1.49. The molecule has 2 fully saturated rings. The highest BCUT2D eigenvalue weighted by molar-refractivity contribution is 6.33. The van der Waals surface area contributed by atoms with Gasteiger partial charge in [0.1, 0.15) is 5.57 Å². The molecule has 1 heterocycles. The van der Waals surface area contributed by atoms with E-state index < -0.39 is 17.8 Å². The Kier molecular flexibility index (Phi) is 7.02. The zero-order chi connectivity index (χ0) is 21.8. The minimum Gasteiger partial charge on any atom is -0.493 e. The van der Waals surface area contributed by atoms with Crippen LogP contribution in [-0.2, 0) is 9.59 Å². The van der Waals surface area contributed by atoms with Crippen molar-refractivity contribution in [1.82, 2.24) is 10.2 Å². The standard InChI is InChI=1S/C22H27ClN2O5/c1-4-13(2)30-19-17(23)11-14(12-18(19)29-3)10-16-20(26)24-22(28)25(21(16)27)15-8-6-5-7-9-15/h10-13,15H,4-9H2,1-3H3,(H,24,26,28). The van der Waals surface area contributed by atoms with Crippen LogP contribution in [0.25, 0.3) is 6.08 Å². The Balaban J connectivity index is 1.94. The maximum atomic E-state index is 13.0. The molecule has 162 valence electrons. The van der Waals surface area contributed by atoms with Gasteiger partial charge in [0.15, 0.2) is 11.5 Å². The summed E-state index contributed by atoms with van der Waals surface area (Å²) in [5.41, 5.74) is 0.402. The molecule has 1 aliphatic carbocycles. The fourth-order valence-electron chi connectivity index (χ4n) is 3.73. The predicted octanol–water partition coefficient (Wildman–Crippen LogP) is 4.32. The van der Waals surface area contributed by atoms with E-state index in [0.29, 0.717) is 22.1 Å². The Morgan fingerprint density at radius 1 is 1.23 bits per heavy atom. The number of hydrogen-bond acceptors (Lipinski definition) is 5. The van der Waals surface area contributed by atoms with Gasteiger partial charge in [0.2, 0.25) is 0 Å². The topological polar surface area (TPSA) is 84.9 Å². The van der Waals surface area contributed by atoms with Crippen LogP contribution in [0.3, 0.4) is 0 Å². The van der Waals surface area contributed by atoms with Gasteiger partial charge in [0.05, 0.1) is 18.2 Å². The molecule has 1 saturated heterocycles. The normalized spacial score (nSPS) is 20.3. The number of carbonyl (C=O) groups excluding carboxylic acids is 3. The number of nitrogens with one attached hydrogen (secondary N) is 1. The molecule has 0 aromatic heterocycles. The van der Waals surface area contributed by atoms with Crippen LogP contribution in [0.15, 0.2) is 17.7 Å². The minimum absolute atomic E-state index is 0.0543. The summed E-state index contributed by atoms with van der Waals surface area (Å²) < 4.78 is 11.2. The lowest BCUT2D eigenvalue weighted by Gasteiger charge is -2.35. The van der Waals surface area contributed by atoms with Gasteiger partial charge in [0.25, 0.3) is 11.8 Å². The summed E-state index contributed by atoms with van der Waals surface area (Å²) in [5, 5.41) is 2.60. The molecule has 1 N–H and O–H groups in total. The quantitative estimate of drug-likeness (QED) is 0.532. The monoisotopic (exact) mass is 434 g/mol. The summed E-state index contributed by atoms with van der Waals surface area (Å²) in [5.74, 6) is -0.481. The molecule has 1 aromatic rings. The van der Waals surface area contributed by atoms with Gasteiger partial charge in [0, 0.05) is 6.04 Å². The number of rotatable bonds is 6. The van der Waals surface area contributed by atoms with Crippen molar-refractivity contribution in [3.63, 3.8) is 0 Å². The smallest absolute Gasteiger partial charge is 0.331 e. The summed E-state index contributed by atoms with van der Waals surface area (Å²) in [6.45, 7) is 3.92. The van der Waals surface area contributed by atoms with Crippen molar-refractivity contribution in [1.29, 1.82) is 0 Å². The van der Waals surface area contributed by atoms with Gasteiger partial charge >= 0.3 is 6.03 Å². The number of ether oxygens (including phenoxy) is 2. The first-order chi connectivity index (χ1) is 14.3. The van der Waals surface area contributed by atoms with Crippen LogP contribution in [0, 0.1) is 0 Å². The second-order valence-corrected chi connectivity index (χ2v) is 8.06. The van der Waals surface area contributed by atoms with E-state index in [1.165, 1.54) is 18.1 Å². The Bertz CT molecular complexity index is 877. The average molecular weight is 435 g/mol. The number of amides is 4. The van der Waals surface area contributed by atoms with Crippen LogP contribution in [0.5, 0.6) is 11.5 Å². The maximum Gasteiger partial charge on any atom is 0.331 e. The molecule has 2 aliphatic rings. The summed E-state index contributed by atoms with van der Waals surface area (Å²) >= 11 is 6.39. The number of nitrogens with zero attached hydrogens (tertiary/aromatic N) is 1. The molecular weight excluding hydrogens is 408 g/mol. The van der Waals surface area contributed by atoms with Crippen LogP contribution in [0.2, 0.25) is 5.02 Å². The van der Waals surface area contributed by atoms with Crippen molar-refractivity contribution in [2.45, 2.75) is 64.5 Å². The van der Waals surface area contributed by atoms with Crippen LogP contribution in [0.4, 0.5) is 4.79 Å². The van der Waals surface area contributed by atoms with Crippen LogP contribution >= 0.6 is 11.6 Å². The number of urea groups is 1. The molecule has 30 heavy (non-hydrogen) atoms. The van der Waals surface area contributed by atoms with Gasteiger partial charge in [-0.15, -0.1) is 0 Å². The first-order valence-corrected chi connectivity index (χ1v) is 10.7. The van der Waals surface area contributed by atoms with Crippen molar-refractivity contribution in [2.75, 3.05) is 7.11 Å². The molecule has 7 nitrogen and oxygen atoms in total. The van der Waals surface area contributed by atoms with E-state index in [2.05, 4.69) is 5.32 Å². The van der Waals surface area contributed by atoms with Crippen molar-refractivity contribution < 1.29 is 23.9 Å². The minimum atomic E-state index is -0.716. The first kappa shape index (κ1) is 22.2. The highest BCUT2D eigenvalue weighted by Crippen LogP contribution is 2.38. The van der Waals surface area contributed by atoms with E-state index in [-0.39, 0.29) is 17.7 Å². The van der Waals surface area contributed by atoms with Crippen molar-refractivity contribution >= 4 is 35.5 Å². The molecule has 0 radical (unpaired) electrons. The molecular formula is C22H27ClN2O5. The lowest BCUT2D eigenvalue weighted by atomic mass is 9.93. The van der Waals surface area contributed by atoms with Gasteiger partial charge in [-0.2, -0.15) is 0 Å². The molecule has 0 bridgehead atoms. The largest absolute Gasteiger partial charge is 0.493 e. The Morgan fingerprint density at radius 2 is 1.93 bits per heavy atom. The van der Waals surface area contributed by atoms with Gasteiger partial charge < -0.3 is 9.47 Å². The van der Waals surface area contributed by atoms with E-state index in [9.17, 15) is 14.4 Å². The number of imide groups is 2. The molecule has 1 atom stereocenters. The number of halogens is 1. The third kappa shape index (κ3) is 4.61. The zero-order valence-corrected chi connectivity index (χ0v) is 18.3. The highest BCUT2D eigenvalue weighted by Gasteiger charge is 2.40. The molecule has 1 unspecified atom stereocenters. The van der Waals surface area contributed by atoms with Gasteiger partial charge in [-0.1, -0.05) is 37.8 Å². The van der Waals surface area contributed by atoms with E-state index in [1.807, 2.05) is 13.8 Å². The van der Waals surface area contributed by atoms with E-state index >= 15 is 0 Å². The number of hydrogen-bond donors (Lipinski definition) is 1. The van der Waals surface area contributed by atoms with Crippen LogP contribution in [0.1, 0.15) is 57.9 Å². The third-order valence-corrected chi connectivity index (χ3v) is 5.81. The second kappa shape index (κ2) is 9.51. The Labute approximate surface area is 181 Å². The second-order valence-electron chi connectivity index (χ2n) is 7.66. The van der Waals surface area contributed by atoms with Crippen molar-refractivity contribution in [3.8, 4) is 11.5 Å². The van der Waals surface area contributed by atoms with Gasteiger partial charge in [-0.05, 0) is 50.0 Å². The first-order valence-electron chi connectivity index (χ1n) is 10.3. The Morgan fingerprint density at radius 3 is 2.57 bits per heavy atom. The zero-order valence-electron chi connectivity index (χ0n) is 17.5. The SMILES string of the molecule is CCC(C)Oc1c(Cl)cc(C=C2C(=O)NC(=O)N(C3CCCCC3)C2=O)cc1OC. The summed E-state index contributed by atoms with van der Waals surface area (Å²) in [4.78, 5) is 38.9. The van der Waals surface area contributed by atoms with E-state index in [1.54, 1.807) is 12.1 Å². The molecule has 3 rings (SSSR count). The van der Waals surface area contributed by atoms with Crippen molar-refractivity contribution in [2.24, 2.45) is 0 Å². The molecule has 4 amide bonds. The average Bonchev–Trinajstić information content (AvgIpc) is 2.73. The summed E-state index contributed by atoms with van der Waals surface area (Å²) in [6, 6.07) is 2.42. The molecule has 8 heteroatoms. The maximum absolute atomic E-state index is 13.0. The molecule has 1 saturated carbocycles. The van der Waals surface area contributed by atoms with E-state index in [0.717, 1.165) is 38.5 Å². The van der Waals surface area contributed by atoms with Crippen molar-refractivity contribution in [3.05, 3.63) is 28.3 Å². The fraction of sp³-hybridized carbons (Fsp3) is 0.500. The lowest BCUT2D eigenvalue weighted by Crippen LogP contribution is -2.58.